The summed E-state index contributed by atoms with van der Waals surface area (Å²) in [5.41, 5.74) is 0.277. The largest absolute Gasteiger partial charge is 0.496 e. The van der Waals surface area contributed by atoms with Gasteiger partial charge in [-0.05, 0) is 51.3 Å². The molecular weight excluding hydrogens is 446 g/mol. The van der Waals surface area contributed by atoms with E-state index in [1.54, 1.807) is 19.1 Å². The van der Waals surface area contributed by atoms with Gasteiger partial charge in [0.2, 0.25) is 5.91 Å². The second kappa shape index (κ2) is 10.9. The van der Waals surface area contributed by atoms with Crippen LogP contribution in [0.2, 0.25) is 0 Å². The molecule has 0 radical (unpaired) electrons. The monoisotopic (exact) mass is 485 g/mol. The Hall–Kier alpha value is -2.74. The van der Waals surface area contributed by atoms with Gasteiger partial charge in [-0.15, -0.1) is 0 Å². The quantitative estimate of drug-likeness (QED) is 0.426. The van der Waals surface area contributed by atoms with Crippen LogP contribution < -0.4 is 14.8 Å². The summed E-state index contributed by atoms with van der Waals surface area (Å²) in [6, 6.07) is 5.70. The lowest BCUT2D eigenvalue weighted by Crippen LogP contribution is -2.65. The molecule has 1 aliphatic carbocycles. The summed E-state index contributed by atoms with van der Waals surface area (Å²) in [5, 5.41) is 4.11. The SMILES string of the molecule is CCOCCCN1C(=O)c2cc3c(OC)ccc(OC)c3n2C[C@]1(C)C(=O)NC1CCCCCC1. The van der Waals surface area contributed by atoms with Crippen LogP contribution in [0.15, 0.2) is 18.2 Å². The van der Waals surface area contributed by atoms with Crippen molar-refractivity contribution in [2.45, 2.75) is 76.9 Å². The Kier molecular flexibility index (Phi) is 7.89. The van der Waals surface area contributed by atoms with Crippen molar-refractivity contribution in [1.29, 1.82) is 0 Å². The summed E-state index contributed by atoms with van der Waals surface area (Å²) in [6.07, 6.45) is 7.33. The molecule has 8 heteroatoms. The molecule has 2 aliphatic rings. The molecule has 4 rings (SSSR count). The topological polar surface area (TPSA) is 82.0 Å². The molecule has 35 heavy (non-hydrogen) atoms. The maximum atomic E-state index is 13.9. The van der Waals surface area contributed by atoms with Crippen molar-refractivity contribution in [2.24, 2.45) is 0 Å². The van der Waals surface area contributed by atoms with Crippen molar-refractivity contribution in [3.05, 3.63) is 23.9 Å². The van der Waals surface area contributed by atoms with Crippen molar-refractivity contribution in [3.63, 3.8) is 0 Å². The van der Waals surface area contributed by atoms with Gasteiger partial charge < -0.3 is 29.0 Å². The van der Waals surface area contributed by atoms with E-state index in [1.165, 1.54) is 12.8 Å². The number of methoxy groups -OCH3 is 2. The van der Waals surface area contributed by atoms with Gasteiger partial charge in [0, 0.05) is 31.2 Å². The fourth-order valence-electron chi connectivity index (χ4n) is 5.54. The second-order valence-electron chi connectivity index (χ2n) is 9.79. The van der Waals surface area contributed by atoms with E-state index in [4.69, 9.17) is 14.2 Å². The second-order valence-corrected chi connectivity index (χ2v) is 9.79. The molecule has 1 aliphatic heterocycles. The molecule has 2 amide bonds. The normalized spacial score (nSPS) is 21.0. The third kappa shape index (κ3) is 4.85. The summed E-state index contributed by atoms with van der Waals surface area (Å²) in [6.45, 7) is 5.80. The van der Waals surface area contributed by atoms with Gasteiger partial charge in [-0.1, -0.05) is 25.7 Å². The zero-order chi connectivity index (χ0) is 25.0. The number of carbonyl (C=O) groups excluding carboxylic acids is 2. The molecule has 2 heterocycles. The van der Waals surface area contributed by atoms with Gasteiger partial charge in [-0.2, -0.15) is 0 Å². The minimum Gasteiger partial charge on any atom is -0.496 e. The molecule has 0 spiro atoms. The smallest absolute Gasteiger partial charge is 0.271 e. The molecule has 0 saturated heterocycles. The number of hydrogen-bond donors (Lipinski definition) is 1. The average molecular weight is 486 g/mol. The van der Waals surface area contributed by atoms with E-state index in [0.29, 0.717) is 49.9 Å². The van der Waals surface area contributed by atoms with Crippen LogP contribution in [0.3, 0.4) is 0 Å². The minimum absolute atomic E-state index is 0.0940. The van der Waals surface area contributed by atoms with Crippen LogP contribution >= 0.6 is 0 Å². The standard InChI is InChI=1S/C27H39N3O5/c1-5-35-16-10-15-30-25(31)21-17-20-22(33-3)13-14-23(34-4)24(20)29(21)18-27(30,2)26(32)28-19-11-8-6-7-9-12-19/h13-14,17,19H,5-12,15-16,18H2,1-4H3,(H,28,32)/t27-/m1/s1. The maximum Gasteiger partial charge on any atom is 0.271 e. The van der Waals surface area contributed by atoms with E-state index in [9.17, 15) is 9.59 Å². The third-order valence-corrected chi connectivity index (χ3v) is 7.50. The first-order valence-corrected chi connectivity index (χ1v) is 12.9. The zero-order valence-corrected chi connectivity index (χ0v) is 21.5. The van der Waals surface area contributed by atoms with Crippen molar-refractivity contribution < 1.29 is 23.8 Å². The summed E-state index contributed by atoms with van der Waals surface area (Å²) in [4.78, 5) is 29.5. The Bertz CT molecular complexity index is 1060. The first-order chi connectivity index (χ1) is 16.9. The summed E-state index contributed by atoms with van der Waals surface area (Å²) >= 11 is 0. The number of fused-ring (bicyclic) bond motifs is 3. The molecular formula is C27H39N3O5. The van der Waals surface area contributed by atoms with E-state index in [0.717, 1.165) is 36.6 Å². The highest BCUT2D eigenvalue weighted by Crippen LogP contribution is 2.40. The van der Waals surface area contributed by atoms with Crippen LogP contribution in [0.1, 0.15) is 69.3 Å². The number of aromatic nitrogens is 1. The summed E-state index contributed by atoms with van der Waals surface area (Å²) < 4.78 is 18.7. The molecule has 1 atom stereocenters. The van der Waals surface area contributed by atoms with Gasteiger partial charge in [0.25, 0.3) is 5.91 Å². The van der Waals surface area contributed by atoms with Crippen LogP contribution in [0.25, 0.3) is 10.9 Å². The van der Waals surface area contributed by atoms with Gasteiger partial charge in [-0.25, -0.2) is 0 Å². The Labute approximate surface area is 207 Å². The lowest BCUT2D eigenvalue weighted by Gasteiger charge is -2.44. The van der Waals surface area contributed by atoms with Gasteiger partial charge in [0.1, 0.15) is 22.7 Å². The lowest BCUT2D eigenvalue weighted by molar-refractivity contribution is -0.133. The van der Waals surface area contributed by atoms with E-state index < -0.39 is 5.54 Å². The molecule has 192 valence electrons. The number of nitrogens with one attached hydrogen (secondary N) is 1. The molecule has 1 fully saturated rings. The number of nitrogens with zero attached hydrogens (tertiary/aromatic N) is 2. The zero-order valence-electron chi connectivity index (χ0n) is 21.5. The number of benzene rings is 1. The van der Waals surface area contributed by atoms with Crippen molar-refractivity contribution in [2.75, 3.05) is 34.0 Å². The number of ether oxygens (including phenoxy) is 3. The van der Waals surface area contributed by atoms with Crippen molar-refractivity contribution in [1.82, 2.24) is 14.8 Å². The molecule has 2 aromatic rings. The Morgan fingerprint density at radius 1 is 1.11 bits per heavy atom. The molecule has 1 saturated carbocycles. The van der Waals surface area contributed by atoms with Gasteiger partial charge >= 0.3 is 0 Å². The first-order valence-electron chi connectivity index (χ1n) is 12.9. The highest BCUT2D eigenvalue weighted by molar-refractivity contribution is 6.05. The van der Waals surface area contributed by atoms with E-state index in [1.807, 2.05) is 36.6 Å². The third-order valence-electron chi connectivity index (χ3n) is 7.50. The predicted molar refractivity (Wildman–Crippen MR) is 135 cm³/mol. The van der Waals surface area contributed by atoms with Crippen LogP contribution in [0, 0.1) is 0 Å². The number of amides is 2. The molecule has 8 nitrogen and oxygen atoms in total. The van der Waals surface area contributed by atoms with E-state index >= 15 is 0 Å². The fraction of sp³-hybridized carbons (Fsp3) is 0.630. The van der Waals surface area contributed by atoms with Crippen LogP contribution in [-0.4, -0.2) is 66.8 Å². The lowest BCUT2D eigenvalue weighted by atomic mass is 9.93. The van der Waals surface area contributed by atoms with Crippen LogP contribution in [-0.2, 0) is 16.1 Å². The van der Waals surface area contributed by atoms with E-state index in [2.05, 4.69) is 5.32 Å². The molecule has 1 aromatic heterocycles. The molecule has 1 aromatic carbocycles. The summed E-state index contributed by atoms with van der Waals surface area (Å²) in [7, 11) is 3.23. The molecule has 0 unspecified atom stereocenters. The highest BCUT2D eigenvalue weighted by atomic mass is 16.5. The first kappa shape index (κ1) is 25.4. The van der Waals surface area contributed by atoms with Crippen LogP contribution in [0.5, 0.6) is 11.5 Å². The highest BCUT2D eigenvalue weighted by Gasteiger charge is 2.48. The average Bonchev–Trinajstić information content (AvgIpc) is 3.04. The Balaban J connectivity index is 1.74. The number of rotatable bonds is 9. The van der Waals surface area contributed by atoms with E-state index in [-0.39, 0.29) is 17.9 Å². The Morgan fingerprint density at radius 3 is 2.46 bits per heavy atom. The molecule has 1 N–H and O–H groups in total. The summed E-state index contributed by atoms with van der Waals surface area (Å²) in [5.74, 6) is 1.06. The van der Waals surface area contributed by atoms with Gasteiger partial charge in [0.15, 0.2) is 0 Å². The number of hydrogen-bond acceptors (Lipinski definition) is 5. The van der Waals surface area contributed by atoms with Crippen LogP contribution in [0.4, 0.5) is 0 Å². The number of carbonyl (C=O) groups is 2. The predicted octanol–water partition coefficient (Wildman–Crippen LogP) is 4.14. The Morgan fingerprint density at radius 2 is 1.80 bits per heavy atom. The van der Waals surface area contributed by atoms with Gasteiger partial charge in [0.05, 0.1) is 26.3 Å². The maximum absolute atomic E-state index is 13.9. The van der Waals surface area contributed by atoms with Crippen molar-refractivity contribution in [3.8, 4) is 11.5 Å². The van der Waals surface area contributed by atoms with Gasteiger partial charge in [-0.3, -0.25) is 9.59 Å². The fourth-order valence-corrected chi connectivity index (χ4v) is 5.54. The molecule has 0 bridgehead atoms. The minimum atomic E-state index is -1.04. The van der Waals surface area contributed by atoms with Crippen molar-refractivity contribution >= 4 is 22.7 Å².